The minimum atomic E-state index is -1.76. The van der Waals surface area contributed by atoms with Crippen molar-refractivity contribution in [2.75, 3.05) is 6.61 Å². The number of H-pyrrole nitrogens is 1. The summed E-state index contributed by atoms with van der Waals surface area (Å²) in [5.74, 6) is 0. The van der Waals surface area contributed by atoms with Crippen LogP contribution in [0.25, 0.3) is 10.8 Å². The van der Waals surface area contributed by atoms with Crippen LogP contribution >= 0.6 is 11.6 Å². The third kappa shape index (κ3) is 3.77. The summed E-state index contributed by atoms with van der Waals surface area (Å²) >= 11 is 5.83. The molecule has 120 valence electrons. The fraction of sp³-hybridized carbons (Fsp3) is 0.500. The number of rotatable bonds is 4. The zero-order chi connectivity index (χ0) is 16.5. The lowest BCUT2D eigenvalue weighted by Gasteiger charge is -2.36. The highest BCUT2D eigenvalue weighted by Crippen LogP contribution is 2.36. The molecule has 0 aliphatic carbocycles. The standard InChI is InChI=1S/C16H23ClN2O2Si/c1-16(2,3)22(4,5)21-7-6-12-8-11-10-18-14(17)9-13(11)15(20)19-12/h8-10H,6-7H2,1-5H3,(H,19,20). The zero-order valence-electron chi connectivity index (χ0n) is 13.8. The van der Waals surface area contributed by atoms with Gasteiger partial charge in [0, 0.05) is 30.3 Å². The van der Waals surface area contributed by atoms with Crippen molar-refractivity contribution >= 4 is 30.7 Å². The van der Waals surface area contributed by atoms with Gasteiger partial charge in [0.25, 0.3) is 5.56 Å². The summed E-state index contributed by atoms with van der Waals surface area (Å²) in [6, 6.07) is 3.53. The smallest absolute Gasteiger partial charge is 0.256 e. The number of fused-ring (bicyclic) bond motifs is 1. The minimum Gasteiger partial charge on any atom is -0.416 e. The quantitative estimate of drug-likeness (QED) is 0.673. The molecular formula is C16H23ClN2O2Si. The van der Waals surface area contributed by atoms with Crippen LogP contribution in [0, 0.1) is 0 Å². The van der Waals surface area contributed by atoms with Crippen LogP contribution in [0.2, 0.25) is 23.3 Å². The van der Waals surface area contributed by atoms with E-state index in [-0.39, 0.29) is 10.6 Å². The average Bonchev–Trinajstić information content (AvgIpc) is 2.38. The number of aromatic amines is 1. The summed E-state index contributed by atoms with van der Waals surface area (Å²) in [7, 11) is -1.76. The molecule has 0 spiro atoms. The molecule has 2 aromatic rings. The number of hydrogen-bond donors (Lipinski definition) is 1. The van der Waals surface area contributed by atoms with Crippen molar-refractivity contribution in [2.45, 2.75) is 45.3 Å². The molecule has 0 saturated heterocycles. The van der Waals surface area contributed by atoms with Gasteiger partial charge in [-0.1, -0.05) is 32.4 Å². The van der Waals surface area contributed by atoms with Gasteiger partial charge in [0.1, 0.15) is 5.15 Å². The van der Waals surface area contributed by atoms with Gasteiger partial charge < -0.3 is 9.41 Å². The van der Waals surface area contributed by atoms with E-state index >= 15 is 0 Å². The van der Waals surface area contributed by atoms with E-state index in [9.17, 15) is 4.79 Å². The van der Waals surface area contributed by atoms with Gasteiger partial charge in [-0.2, -0.15) is 0 Å². The third-order valence-corrected chi connectivity index (χ3v) is 9.14. The van der Waals surface area contributed by atoms with Gasteiger partial charge in [0.2, 0.25) is 0 Å². The zero-order valence-corrected chi connectivity index (χ0v) is 15.5. The molecule has 2 aromatic heterocycles. The van der Waals surface area contributed by atoms with Gasteiger partial charge in [-0.3, -0.25) is 4.79 Å². The molecule has 0 fully saturated rings. The van der Waals surface area contributed by atoms with Gasteiger partial charge in [-0.25, -0.2) is 4.98 Å². The van der Waals surface area contributed by atoms with Crippen LogP contribution in [-0.2, 0) is 10.8 Å². The summed E-state index contributed by atoms with van der Waals surface area (Å²) in [5, 5.41) is 1.88. The first-order valence-electron chi connectivity index (χ1n) is 7.41. The molecule has 6 heteroatoms. The maximum Gasteiger partial charge on any atom is 0.256 e. The molecule has 0 bridgehead atoms. The molecule has 0 atom stereocenters. The van der Waals surface area contributed by atoms with Crippen LogP contribution in [-0.4, -0.2) is 24.9 Å². The molecule has 1 N–H and O–H groups in total. The number of nitrogens with one attached hydrogen (secondary N) is 1. The Labute approximate surface area is 137 Å². The van der Waals surface area contributed by atoms with Crippen LogP contribution in [0.4, 0.5) is 0 Å². The van der Waals surface area contributed by atoms with E-state index in [1.165, 1.54) is 0 Å². The topological polar surface area (TPSA) is 55.0 Å². The van der Waals surface area contributed by atoms with Crippen molar-refractivity contribution in [2.24, 2.45) is 0 Å². The van der Waals surface area contributed by atoms with Crippen molar-refractivity contribution in [1.82, 2.24) is 9.97 Å². The molecular weight excluding hydrogens is 316 g/mol. The monoisotopic (exact) mass is 338 g/mol. The van der Waals surface area contributed by atoms with Gasteiger partial charge in [0.15, 0.2) is 8.32 Å². The second-order valence-electron chi connectivity index (χ2n) is 7.08. The third-order valence-electron chi connectivity index (χ3n) is 4.39. The molecule has 0 saturated carbocycles. The molecule has 2 heterocycles. The predicted molar refractivity (Wildman–Crippen MR) is 94.2 cm³/mol. The maximum atomic E-state index is 12.1. The molecule has 2 rings (SSSR count). The first-order valence-corrected chi connectivity index (χ1v) is 10.7. The summed E-state index contributed by atoms with van der Waals surface area (Å²) in [5.41, 5.74) is 0.726. The van der Waals surface area contributed by atoms with E-state index in [0.717, 1.165) is 11.1 Å². The Morgan fingerprint density at radius 1 is 1.32 bits per heavy atom. The van der Waals surface area contributed by atoms with E-state index in [1.54, 1.807) is 12.3 Å². The first-order chi connectivity index (χ1) is 10.1. The number of nitrogens with zero attached hydrogens (tertiary/aromatic N) is 1. The van der Waals surface area contributed by atoms with Crippen LogP contribution in [0.3, 0.4) is 0 Å². The van der Waals surface area contributed by atoms with Crippen LogP contribution in [0.1, 0.15) is 26.5 Å². The molecule has 0 aromatic carbocycles. The Bertz CT molecular complexity index is 735. The summed E-state index contributed by atoms with van der Waals surface area (Å²) < 4.78 is 6.15. The first kappa shape index (κ1) is 17.2. The number of hydrogen-bond acceptors (Lipinski definition) is 3. The van der Waals surface area contributed by atoms with Gasteiger partial charge in [0.05, 0.1) is 5.39 Å². The molecule has 22 heavy (non-hydrogen) atoms. The van der Waals surface area contributed by atoms with E-state index in [0.29, 0.717) is 23.6 Å². The molecule has 0 aliphatic rings. The van der Waals surface area contributed by atoms with Crippen LogP contribution in [0.15, 0.2) is 23.1 Å². The fourth-order valence-corrected chi connectivity index (χ4v) is 3.16. The highest BCUT2D eigenvalue weighted by Gasteiger charge is 2.36. The van der Waals surface area contributed by atoms with Crippen molar-refractivity contribution in [3.05, 3.63) is 39.5 Å². The lowest BCUT2D eigenvalue weighted by Crippen LogP contribution is -2.41. The highest BCUT2D eigenvalue weighted by atomic mass is 35.5. The Balaban J connectivity index is 2.13. The largest absolute Gasteiger partial charge is 0.416 e. The minimum absolute atomic E-state index is 0.135. The molecule has 0 amide bonds. The Morgan fingerprint density at radius 2 is 2.00 bits per heavy atom. The molecule has 0 aliphatic heterocycles. The van der Waals surface area contributed by atoms with Crippen molar-refractivity contribution in [3.63, 3.8) is 0 Å². The van der Waals surface area contributed by atoms with Crippen LogP contribution in [0.5, 0.6) is 0 Å². The van der Waals surface area contributed by atoms with E-state index in [2.05, 4.69) is 43.8 Å². The lowest BCUT2D eigenvalue weighted by molar-refractivity contribution is 0.291. The maximum absolute atomic E-state index is 12.1. The van der Waals surface area contributed by atoms with E-state index in [4.69, 9.17) is 16.0 Å². The summed E-state index contributed by atoms with van der Waals surface area (Å²) in [6.07, 6.45) is 2.31. The lowest BCUT2D eigenvalue weighted by atomic mass is 10.2. The number of aromatic nitrogens is 2. The fourth-order valence-electron chi connectivity index (χ4n) is 1.96. The van der Waals surface area contributed by atoms with Crippen LogP contribution < -0.4 is 5.56 Å². The number of halogens is 1. The Kier molecular flexibility index (Phi) is 4.80. The normalized spacial score (nSPS) is 12.8. The van der Waals surface area contributed by atoms with Crippen molar-refractivity contribution in [1.29, 1.82) is 0 Å². The van der Waals surface area contributed by atoms with Gasteiger partial charge in [-0.05, 0) is 30.3 Å². The van der Waals surface area contributed by atoms with Crippen molar-refractivity contribution in [3.8, 4) is 0 Å². The van der Waals surface area contributed by atoms with Gasteiger partial charge >= 0.3 is 0 Å². The second kappa shape index (κ2) is 6.14. The molecule has 0 unspecified atom stereocenters. The molecule has 4 nitrogen and oxygen atoms in total. The summed E-state index contributed by atoms with van der Waals surface area (Å²) in [6.45, 7) is 11.7. The SMILES string of the molecule is CC(C)(C)[Si](C)(C)OCCc1cc2cnc(Cl)cc2c(=O)[nH]1. The predicted octanol–water partition coefficient (Wildman–Crippen LogP) is 4.14. The van der Waals surface area contributed by atoms with E-state index < -0.39 is 8.32 Å². The molecule has 0 radical (unpaired) electrons. The number of pyridine rings is 2. The van der Waals surface area contributed by atoms with Crippen molar-refractivity contribution < 1.29 is 4.43 Å². The Morgan fingerprint density at radius 3 is 2.64 bits per heavy atom. The van der Waals surface area contributed by atoms with Gasteiger partial charge in [-0.15, -0.1) is 0 Å². The second-order valence-corrected chi connectivity index (χ2v) is 12.3. The average molecular weight is 339 g/mol. The highest BCUT2D eigenvalue weighted by molar-refractivity contribution is 6.74. The summed E-state index contributed by atoms with van der Waals surface area (Å²) in [4.78, 5) is 19.0. The Hall–Kier alpha value is -1.17. The van der Waals surface area contributed by atoms with E-state index in [1.807, 2.05) is 6.07 Å².